The molecule has 3 heteroatoms. The van der Waals surface area contributed by atoms with Crippen molar-refractivity contribution in [1.29, 1.82) is 0 Å². The zero-order valence-electron chi connectivity index (χ0n) is 8.29. The number of carbonyl (C=O) groups is 1. The van der Waals surface area contributed by atoms with Crippen molar-refractivity contribution in [2.75, 3.05) is 6.54 Å². The molecular weight excluding hydrogens is 178 g/mol. The Balaban J connectivity index is 2.74. The third-order valence-corrected chi connectivity index (χ3v) is 2.03. The topological polar surface area (TPSA) is 49.3 Å². The van der Waals surface area contributed by atoms with E-state index in [-0.39, 0.29) is 6.42 Å². The fraction of sp³-hybridized carbons (Fsp3) is 0.364. The maximum absolute atomic E-state index is 10.6. The molecule has 0 unspecified atom stereocenters. The first-order valence-electron chi connectivity index (χ1n) is 4.73. The lowest BCUT2D eigenvalue weighted by Gasteiger charge is -2.07. The number of nitrogens with one attached hydrogen (secondary N) is 1. The molecule has 0 aliphatic rings. The van der Waals surface area contributed by atoms with Crippen LogP contribution < -0.4 is 5.32 Å². The molecule has 1 aromatic carbocycles. The second kappa shape index (κ2) is 5.40. The highest BCUT2D eigenvalue weighted by molar-refractivity contribution is 5.70. The highest BCUT2D eigenvalue weighted by atomic mass is 16.4. The summed E-state index contributed by atoms with van der Waals surface area (Å²) in [5.41, 5.74) is 1.96. The van der Waals surface area contributed by atoms with Gasteiger partial charge in [0.2, 0.25) is 0 Å². The van der Waals surface area contributed by atoms with Gasteiger partial charge in [-0.1, -0.05) is 31.2 Å². The molecule has 0 bridgehead atoms. The van der Waals surface area contributed by atoms with E-state index in [1.54, 1.807) is 0 Å². The lowest BCUT2D eigenvalue weighted by atomic mass is 10.0. The number of carboxylic acids is 1. The first-order valence-corrected chi connectivity index (χ1v) is 4.73. The largest absolute Gasteiger partial charge is 0.481 e. The van der Waals surface area contributed by atoms with Gasteiger partial charge in [0.25, 0.3) is 0 Å². The molecule has 0 heterocycles. The van der Waals surface area contributed by atoms with Crippen LogP contribution in [-0.4, -0.2) is 17.6 Å². The van der Waals surface area contributed by atoms with Gasteiger partial charge >= 0.3 is 5.97 Å². The molecule has 3 nitrogen and oxygen atoms in total. The first-order chi connectivity index (χ1) is 6.74. The molecule has 0 aliphatic heterocycles. The van der Waals surface area contributed by atoms with Crippen LogP contribution in [0.2, 0.25) is 0 Å². The second-order valence-corrected chi connectivity index (χ2v) is 3.12. The van der Waals surface area contributed by atoms with Gasteiger partial charge in [0.1, 0.15) is 0 Å². The van der Waals surface area contributed by atoms with Crippen molar-refractivity contribution in [3.05, 3.63) is 35.4 Å². The summed E-state index contributed by atoms with van der Waals surface area (Å²) in [6, 6.07) is 7.62. The molecule has 0 saturated heterocycles. The van der Waals surface area contributed by atoms with Crippen molar-refractivity contribution < 1.29 is 9.90 Å². The Morgan fingerprint density at radius 1 is 1.36 bits per heavy atom. The van der Waals surface area contributed by atoms with E-state index >= 15 is 0 Å². The Labute approximate surface area is 83.8 Å². The number of aliphatic carboxylic acids is 1. The Bertz CT molecular complexity index is 310. The third-order valence-electron chi connectivity index (χ3n) is 2.03. The normalized spacial score (nSPS) is 10.1. The van der Waals surface area contributed by atoms with Gasteiger partial charge in [-0.2, -0.15) is 0 Å². The maximum atomic E-state index is 10.6. The summed E-state index contributed by atoms with van der Waals surface area (Å²) < 4.78 is 0. The fourth-order valence-electron chi connectivity index (χ4n) is 1.33. The monoisotopic (exact) mass is 193 g/mol. The predicted molar refractivity (Wildman–Crippen MR) is 55.2 cm³/mol. The molecule has 2 N–H and O–H groups in total. The van der Waals surface area contributed by atoms with E-state index in [1.165, 1.54) is 0 Å². The summed E-state index contributed by atoms with van der Waals surface area (Å²) in [6.45, 7) is 3.65. The number of carboxylic acid groups (broad SMARTS) is 1. The highest BCUT2D eigenvalue weighted by Crippen LogP contribution is 2.09. The molecule has 0 fully saturated rings. The van der Waals surface area contributed by atoms with Crippen LogP contribution in [0.1, 0.15) is 18.1 Å². The summed E-state index contributed by atoms with van der Waals surface area (Å²) in [5, 5.41) is 11.9. The lowest BCUT2D eigenvalue weighted by molar-refractivity contribution is -0.136. The van der Waals surface area contributed by atoms with Crippen LogP contribution in [-0.2, 0) is 17.8 Å². The smallest absolute Gasteiger partial charge is 0.307 e. The van der Waals surface area contributed by atoms with Crippen LogP contribution in [0.5, 0.6) is 0 Å². The Morgan fingerprint density at radius 2 is 2.00 bits per heavy atom. The average molecular weight is 193 g/mol. The van der Waals surface area contributed by atoms with Crippen LogP contribution in [0.15, 0.2) is 24.3 Å². The molecule has 0 spiro atoms. The van der Waals surface area contributed by atoms with Gasteiger partial charge in [0.15, 0.2) is 0 Å². The van der Waals surface area contributed by atoms with Crippen molar-refractivity contribution in [3.63, 3.8) is 0 Å². The number of rotatable bonds is 5. The quantitative estimate of drug-likeness (QED) is 0.743. The number of benzene rings is 1. The molecule has 0 amide bonds. The Hall–Kier alpha value is -1.35. The number of hydrogen-bond donors (Lipinski definition) is 2. The van der Waals surface area contributed by atoms with Gasteiger partial charge in [-0.15, -0.1) is 0 Å². The zero-order chi connectivity index (χ0) is 10.4. The SMILES string of the molecule is CCNCc1ccccc1CC(=O)O. The lowest BCUT2D eigenvalue weighted by Crippen LogP contribution is -2.14. The van der Waals surface area contributed by atoms with Gasteiger partial charge < -0.3 is 10.4 Å². The molecule has 76 valence electrons. The van der Waals surface area contributed by atoms with E-state index in [1.807, 2.05) is 31.2 Å². The van der Waals surface area contributed by atoms with Crippen LogP contribution in [0.4, 0.5) is 0 Å². The number of hydrogen-bond acceptors (Lipinski definition) is 2. The predicted octanol–water partition coefficient (Wildman–Crippen LogP) is 1.42. The zero-order valence-corrected chi connectivity index (χ0v) is 8.29. The van der Waals surface area contributed by atoms with E-state index in [9.17, 15) is 4.79 Å². The van der Waals surface area contributed by atoms with Crippen molar-refractivity contribution in [2.24, 2.45) is 0 Å². The van der Waals surface area contributed by atoms with E-state index in [0.717, 1.165) is 24.2 Å². The van der Waals surface area contributed by atoms with Crippen LogP contribution in [0, 0.1) is 0 Å². The van der Waals surface area contributed by atoms with Crippen molar-refractivity contribution >= 4 is 5.97 Å². The molecular formula is C11H15NO2. The van der Waals surface area contributed by atoms with E-state index in [2.05, 4.69) is 5.32 Å². The molecule has 0 atom stereocenters. The molecule has 14 heavy (non-hydrogen) atoms. The molecule has 0 aromatic heterocycles. The van der Waals surface area contributed by atoms with Gasteiger partial charge in [-0.05, 0) is 17.7 Å². The van der Waals surface area contributed by atoms with Crippen molar-refractivity contribution in [1.82, 2.24) is 5.32 Å². The molecule has 0 aliphatic carbocycles. The Kier molecular flexibility index (Phi) is 4.13. The summed E-state index contributed by atoms with van der Waals surface area (Å²) >= 11 is 0. The average Bonchev–Trinajstić information content (AvgIpc) is 2.16. The molecule has 0 saturated carbocycles. The van der Waals surface area contributed by atoms with Crippen LogP contribution >= 0.6 is 0 Å². The summed E-state index contributed by atoms with van der Waals surface area (Å²) in [5.74, 6) is -0.783. The van der Waals surface area contributed by atoms with Crippen LogP contribution in [0.25, 0.3) is 0 Å². The highest BCUT2D eigenvalue weighted by Gasteiger charge is 2.04. The standard InChI is InChI=1S/C11H15NO2/c1-2-12-8-10-6-4-3-5-9(10)7-11(13)14/h3-6,12H,2,7-8H2,1H3,(H,13,14). The minimum atomic E-state index is -0.783. The fourth-order valence-corrected chi connectivity index (χ4v) is 1.33. The van der Waals surface area contributed by atoms with E-state index < -0.39 is 5.97 Å². The minimum absolute atomic E-state index is 0.0988. The Morgan fingerprint density at radius 3 is 2.57 bits per heavy atom. The molecule has 1 aromatic rings. The first kappa shape index (κ1) is 10.7. The third kappa shape index (κ3) is 3.18. The van der Waals surface area contributed by atoms with Gasteiger partial charge in [0, 0.05) is 6.54 Å². The van der Waals surface area contributed by atoms with Gasteiger partial charge in [-0.25, -0.2) is 0 Å². The molecule has 1 rings (SSSR count). The van der Waals surface area contributed by atoms with Crippen molar-refractivity contribution in [2.45, 2.75) is 19.9 Å². The second-order valence-electron chi connectivity index (χ2n) is 3.12. The van der Waals surface area contributed by atoms with Crippen molar-refractivity contribution in [3.8, 4) is 0 Å². The maximum Gasteiger partial charge on any atom is 0.307 e. The molecule has 0 radical (unpaired) electrons. The summed E-state index contributed by atoms with van der Waals surface area (Å²) in [6.07, 6.45) is 0.0988. The summed E-state index contributed by atoms with van der Waals surface area (Å²) in [7, 11) is 0. The minimum Gasteiger partial charge on any atom is -0.481 e. The van der Waals surface area contributed by atoms with E-state index in [0.29, 0.717) is 0 Å². The summed E-state index contributed by atoms with van der Waals surface area (Å²) in [4.78, 5) is 10.6. The van der Waals surface area contributed by atoms with Gasteiger partial charge in [-0.3, -0.25) is 4.79 Å². The van der Waals surface area contributed by atoms with Crippen LogP contribution in [0.3, 0.4) is 0 Å². The van der Waals surface area contributed by atoms with E-state index in [4.69, 9.17) is 5.11 Å². The van der Waals surface area contributed by atoms with Gasteiger partial charge in [0.05, 0.1) is 6.42 Å².